The van der Waals surface area contributed by atoms with Crippen molar-refractivity contribution in [3.63, 3.8) is 0 Å². The number of anilines is 2. The van der Waals surface area contributed by atoms with Crippen molar-refractivity contribution in [1.82, 2.24) is 5.32 Å². The number of halogens is 1. The summed E-state index contributed by atoms with van der Waals surface area (Å²) in [6, 6.07) is 22.1. The highest BCUT2D eigenvalue weighted by Gasteiger charge is 2.20. The summed E-state index contributed by atoms with van der Waals surface area (Å²) >= 11 is 7.53. The average Bonchev–Trinajstić information content (AvgIpc) is 2.77. The van der Waals surface area contributed by atoms with E-state index in [4.69, 9.17) is 12.2 Å². The normalized spacial score (nSPS) is 10.3. The molecule has 0 aliphatic heterocycles. The van der Waals surface area contributed by atoms with Gasteiger partial charge in [-0.2, -0.15) is 0 Å². The Balaban J connectivity index is 1.76. The maximum atomic E-state index is 13.2. The van der Waals surface area contributed by atoms with Crippen LogP contribution < -0.4 is 15.5 Å². The van der Waals surface area contributed by atoms with E-state index in [-0.39, 0.29) is 16.9 Å². The Bertz CT molecular complexity index is 1120. The van der Waals surface area contributed by atoms with Crippen molar-refractivity contribution in [1.29, 1.82) is 0 Å². The molecule has 0 atom stereocenters. The second kappa shape index (κ2) is 10.5. The van der Waals surface area contributed by atoms with E-state index in [1.54, 1.807) is 29.2 Å². The average molecular weight is 543 g/mol. The van der Waals surface area contributed by atoms with Crippen molar-refractivity contribution in [2.45, 2.75) is 13.8 Å². The van der Waals surface area contributed by atoms with Gasteiger partial charge in [0.15, 0.2) is 5.11 Å². The third-order valence-electron chi connectivity index (χ3n) is 4.70. The van der Waals surface area contributed by atoms with Gasteiger partial charge in [-0.05, 0) is 90.6 Å². The molecular formula is C24H22IN3O2S. The molecule has 3 rings (SSSR count). The molecule has 3 aromatic carbocycles. The van der Waals surface area contributed by atoms with Crippen LogP contribution in [0.3, 0.4) is 0 Å². The Morgan fingerprint density at radius 3 is 2.35 bits per heavy atom. The molecule has 31 heavy (non-hydrogen) atoms. The van der Waals surface area contributed by atoms with E-state index >= 15 is 0 Å². The Hall–Kier alpha value is -2.78. The van der Waals surface area contributed by atoms with Crippen molar-refractivity contribution in [3.05, 3.63) is 93.1 Å². The van der Waals surface area contributed by atoms with E-state index in [2.05, 4.69) is 33.2 Å². The van der Waals surface area contributed by atoms with Crippen molar-refractivity contribution >= 4 is 63.1 Å². The first-order chi connectivity index (χ1) is 14.9. The molecule has 5 nitrogen and oxygen atoms in total. The summed E-state index contributed by atoms with van der Waals surface area (Å²) in [7, 11) is 0. The molecule has 0 aliphatic carbocycles. The molecule has 0 saturated carbocycles. The molecular weight excluding hydrogens is 521 g/mol. The van der Waals surface area contributed by atoms with Crippen molar-refractivity contribution in [2.75, 3.05) is 16.8 Å². The maximum Gasteiger partial charge on any atom is 0.260 e. The number of carbonyl (C=O) groups excluding carboxylic acids is 2. The lowest BCUT2D eigenvalue weighted by Crippen LogP contribution is -2.35. The number of hydrogen-bond donors (Lipinski definition) is 2. The van der Waals surface area contributed by atoms with Crippen molar-refractivity contribution in [3.8, 4) is 0 Å². The quantitative estimate of drug-likeness (QED) is 0.335. The Kier molecular flexibility index (Phi) is 7.75. The zero-order valence-electron chi connectivity index (χ0n) is 17.2. The van der Waals surface area contributed by atoms with Crippen LogP contribution in [0.5, 0.6) is 0 Å². The monoisotopic (exact) mass is 543 g/mol. The molecule has 158 valence electrons. The summed E-state index contributed by atoms with van der Waals surface area (Å²) in [6.07, 6.45) is 0. The van der Waals surface area contributed by atoms with Crippen molar-refractivity contribution < 1.29 is 9.59 Å². The predicted octanol–water partition coefficient (Wildman–Crippen LogP) is 5.39. The molecule has 2 N–H and O–H groups in total. The number of hydrogen-bond acceptors (Lipinski definition) is 3. The molecule has 0 bridgehead atoms. The topological polar surface area (TPSA) is 61.4 Å². The minimum absolute atomic E-state index is 0.128. The largest absolute Gasteiger partial charge is 0.332 e. The highest BCUT2D eigenvalue weighted by Crippen LogP contribution is 2.22. The molecule has 0 aromatic heterocycles. The van der Waals surface area contributed by atoms with E-state index in [0.29, 0.717) is 23.4 Å². The number of nitrogens with zero attached hydrogens (tertiary/aromatic N) is 1. The third kappa shape index (κ3) is 5.68. The van der Waals surface area contributed by atoms with Gasteiger partial charge in [0.1, 0.15) is 0 Å². The highest BCUT2D eigenvalue weighted by atomic mass is 127. The molecule has 2 amide bonds. The second-order valence-corrected chi connectivity index (χ2v) is 8.37. The standard InChI is InChI=1S/C24H22IN3O2S/c1-3-28(18-9-5-4-6-10-18)23(30)19-11-7-8-12-21(19)26-24(31)27-22(29)17-14-13-16(2)20(25)15-17/h4-15H,3H2,1-2H3,(H2,26,27,29,31). The number of para-hydroxylation sites is 2. The van der Waals surface area contributed by atoms with E-state index in [1.807, 2.05) is 62.4 Å². The fourth-order valence-electron chi connectivity index (χ4n) is 3.04. The number of amides is 2. The smallest absolute Gasteiger partial charge is 0.260 e. The summed E-state index contributed by atoms with van der Waals surface area (Å²) in [4.78, 5) is 27.5. The van der Waals surface area contributed by atoms with E-state index in [9.17, 15) is 9.59 Å². The van der Waals surface area contributed by atoms with Crippen LogP contribution in [0.25, 0.3) is 0 Å². The molecule has 0 radical (unpaired) electrons. The number of nitrogens with one attached hydrogen (secondary N) is 2. The fourth-order valence-corrected chi connectivity index (χ4v) is 3.76. The number of aryl methyl sites for hydroxylation is 1. The van der Waals surface area contributed by atoms with Gasteiger partial charge in [0.2, 0.25) is 0 Å². The highest BCUT2D eigenvalue weighted by molar-refractivity contribution is 14.1. The minimum atomic E-state index is -0.307. The van der Waals surface area contributed by atoms with Crippen molar-refractivity contribution in [2.24, 2.45) is 0 Å². The van der Waals surface area contributed by atoms with Crippen LogP contribution in [0.15, 0.2) is 72.8 Å². The number of benzene rings is 3. The zero-order chi connectivity index (χ0) is 22.4. The number of thiocarbonyl (C=S) groups is 1. The Morgan fingerprint density at radius 1 is 1.00 bits per heavy atom. The summed E-state index contributed by atoms with van der Waals surface area (Å²) in [5.74, 6) is -0.460. The van der Waals surface area contributed by atoms with Gasteiger partial charge in [-0.3, -0.25) is 14.9 Å². The van der Waals surface area contributed by atoms with Gasteiger partial charge in [-0.15, -0.1) is 0 Å². The first kappa shape index (κ1) is 22.9. The number of carbonyl (C=O) groups is 2. The van der Waals surface area contributed by atoms with Gasteiger partial charge in [0, 0.05) is 21.4 Å². The predicted molar refractivity (Wildman–Crippen MR) is 138 cm³/mol. The molecule has 0 unspecified atom stereocenters. The molecule has 0 aliphatic rings. The van der Waals surface area contributed by atoms with E-state index in [1.165, 1.54) is 0 Å². The van der Waals surface area contributed by atoms with Gasteiger partial charge in [-0.25, -0.2) is 0 Å². The molecule has 0 spiro atoms. The maximum absolute atomic E-state index is 13.2. The van der Waals surface area contributed by atoms with Gasteiger partial charge < -0.3 is 10.2 Å². The Labute approximate surface area is 201 Å². The lowest BCUT2D eigenvalue weighted by Gasteiger charge is -2.23. The van der Waals surface area contributed by atoms with E-state index in [0.717, 1.165) is 14.8 Å². The Morgan fingerprint density at radius 2 is 1.68 bits per heavy atom. The van der Waals surface area contributed by atoms with Crippen LogP contribution >= 0.6 is 34.8 Å². The zero-order valence-corrected chi connectivity index (χ0v) is 20.2. The van der Waals surface area contributed by atoms with Crippen LogP contribution in [-0.2, 0) is 0 Å². The van der Waals surface area contributed by atoms with Gasteiger partial charge in [0.25, 0.3) is 11.8 Å². The number of rotatable bonds is 5. The second-order valence-electron chi connectivity index (χ2n) is 6.80. The summed E-state index contributed by atoms with van der Waals surface area (Å²) in [5.41, 5.74) is 3.43. The van der Waals surface area contributed by atoms with Crippen LogP contribution in [0.2, 0.25) is 0 Å². The van der Waals surface area contributed by atoms with Crippen LogP contribution in [0.4, 0.5) is 11.4 Å². The van der Waals surface area contributed by atoms with Crippen LogP contribution in [0.1, 0.15) is 33.2 Å². The SMILES string of the molecule is CCN(C(=O)c1ccccc1NC(=S)NC(=O)c1ccc(C)c(I)c1)c1ccccc1. The molecule has 0 fully saturated rings. The summed E-state index contributed by atoms with van der Waals surface area (Å²) < 4.78 is 1.00. The lowest BCUT2D eigenvalue weighted by atomic mass is 10.1. The molecule has 0 heterocycles. The molecule has 7 heteroatoms. The summed E-state index contributed by atoms with van der Waals surface area (Å²) in [6.45, 7) is 4.43. The molecule has 0 saturated heterocycles. The summed E-state index contributed by atoms with van der Waals surface area (Å²) in [5, 5.41) is 5.81. The third-order valence-corrected chi connectivity index (χ3v) is 6.06. The van der Waals surface area contributed by atoms with Crippen LogP contribution in [0, 0.1) is 10.5 Å². The first-order valence-electron chi connectivity index (χ1n) is 9.75. The minimum Gasteiger partial charge on any atom is -0.332 e. The van der Waals surface area contributed by atoms with Gasteiger partial charge in [-0.1, -0.05) is 36.4 Å². The first-order valence-corrected chi connectivity index (χ1v) is 11.2. The van der Waals surface area contributed by atoms with Gasteiger partial charge >= 0.3 is 0 Å². The lowest BCUT2D eigenvalue weighted by molar-refractivity contribution is 0.0974. The van der Waals surface area contributed by atoms with Crippen LogP contribution in [-0.4, -0.2) is 23.5 Å². The fraction of sp³-hybridized carbons (Fsp3) is 0.125. The van der Waals surface area contributed by atoms with E-state index < -0.39 is 0 Å². The van der Waals surface area contributed by atoms with Gasteiger partial charge in [0.05, 0.1) is 11.3 Å². The molecule has 3 aromatic rings.